The van der Waals surface area contributed by atoms with E-state index in [4.69, 9.17) is 4.42 Å². The SMILES string of the molecule is CN(Cc1ccc(CNC2CC2)o1)C1CC1. The predicted octanol–water partition coefficient (Wildman–Crippen LogP) is 2.13. The van der Waals surface area contributed by atoms with E-state index in [2.05, 4.69) is 29.4 Å². The Bertz CT molecular complexity index is 353. The van der Waals surface area contributed by atoms with Crippen LogP contribution in [-0.4, -0.2) is 24.0 Å². The number of furan rings is 1. The topological polar surface area (TPSA) is 28.4 Å². The summed E-state index contributed by atoms with van der Waals surface area (Å²) in [6.45, 7) is 1.84. The molecule has 0 aliphatic heterocycles. The number of nitrogens with one attached hydrogen (secondary N) is 1. The highest BCUT2D eigenvalue weighted by atomic mass is 16.3. The maximum Gasteiger partial charge on any atom is 0.118 e. The van der Waals surface area contributed by atoms with Crippen molar-refractivity contribution in [1.82, 2.24) is 10.2 Å². The lowest BCUT2D eigenvalue weighted by Gasteiger charge is -2.13. The van der Waals surface area contributed by atoms with Crippen molar-refractivity contribution < 1.29 is 4.42 Å². The van der Waals surface area contributed by atoms with Crippen LogP contribution in [0, 0.1) is 0 Å². The summed E-state index contributed by atoms with van der Waals surface area (Å²) >= 11 is 0. The van der Waals surface area contributed by atoms with Crippen LogP contribution in [-0.2, 0) is 13.1 Å². The Labute approximate surface area is 96.8 Å². The smallest absolute Gasteiger partial charge is 0.118 e. The molecule has 0 aromatic carbocycles. The molecule has 0 amide bonds. The molecule has 3 rings (SSSR count). The minimum atomic E-state index is 0.752. The quantitative estimate of drug-likeness (QED) is 0.796. The molecule has 2 aliphatic rings. The second-order valence-corrected chi connectivity index (χ2v) is 5.17. The first-order valence-electron chi connectivity index (χ1n) is 6.32. The summed E-state index contributed by atoms with van der Waals surface area (Å²) in [5.74, 6) is 2.17. The number of hydrogen-bond donors (Lipinski definition) is 1. The van der Waals surface area contributed by atoms with Crippen molar-refractivity contribution in [3.05, 3.63) is 23.7 Å². The molecule has 0 unspecified atom stereocenters. The minimum absolute atomic E-state index is 0.752. The normalized spacial score (nSPS) is 20.6. The summed E-state index contributed by atoms with van der Waals surface area (Å²) < 4.78 is 5.81. The van der Waals surface area contributed by atoms with Crippen molar-refractivity contribution in [2.24, 2.45) is 0 Å². The summed E-state index contributed by atoms with van der Waals surface area (Å²) in [5.41, 5.74) is 0. The molecule has 1 aromatic heterocycles. The van der Waals surface area contributed by atoms with Crippen molar-refractivity contribution in [2.45, 2.75) is 50.9 Å². The van der Waals surface area contributed by atoms with Gasteiger partial charge in [0.25, 0.3) is 0 Å². The second-order valence-electron chi connectivity index (χ2n) is 5.17. The molecular formula is C13H20N2O. The maximum atomic E-state index is 5.81. The van der Waals surface area contributed by atoms with Crippen molar-refractivity contribution in [3.8, 4) is 0 Å². The van der Waals surface area contributed by atoms with Crippen LogP contribution in [0.5, 0.6) is 0 Å². The highest BCUT2D eigenvalue weighted by Gasteiger charge is 2.26. The summed E-state index contributed by atoms with van der Waals surface area (Å²) in [6.07, 6.45) is 5.37. The van der Waals surface area contributed by atoms with Crippen LogP contribution in [0.3, 0.4) is 0 Å². The molecule has 0 bridgehead atoms. The molecular weight excluding hydrogens is 200 g/mol. The third kappa shape index (κ3) is 2.66. The molecule has 16 heavy (non-hydrogen) atoms. The van der Waals surface area contributed by atoms with E-state index in [0.717, 1.165) is 36.7 Å². The van der Waals surface area contributed by atoms with Crippen molar-refractivity contribution in [3.63, 3.8) is 0 Å². The molecule has 0 saturated heterocycles. The summed E-state index contributed by atoms with van der Waals surface area (Å²) in [7, 11) is 2.18. The molecule has 2 fully saturated rings. The van der Waals surface area contributed by atoms with E-state index in [0.29, 0.717) is 0 Å². The Morgan fingerprint density at radius 2 is 2.00 bits per heavy atom. The van der Waals surface area contributed by atoms with Crippen LogP contribution in [0.25, 0.3) is 0 Å². The van der Waals surface area contributed by atoms with Gasteiger partial charge >= 0.3 is 0 Å². The second kappa shape index (κ2) is 4.22. The van der Waals surface area contributed by atoms with E-state index in [9.17, 15) is 0 Å². The lowest BCUT2D eigenvalue weighted by molar-refractivity contribution is 0.280. The van der Waals surface area contributed by atoms with Gasteiger partial charge in [0, 0.05) is 12.1 Å². The lowest BCUT2D eigenvalue weighted by atomic mass is 10.4. The van der Waals surface area contributed by atoms with Crippen LogP contribution in [0.15, 0.2) is 16.5 Å². The average Bonchev–Trinajstić information content (AvgIpc) is 3.16. The van der Waals surface area contributed by atoms with Crippen molar-refractivity contribution in [2.75, 3.05) is 7.05 Å². The van der Waals surface area contributed by atoms with Crippen molar-refractivity contribution in [1.29, 1.82) is 0 Å². The molecule has 1 N–H and O–H groups in total. The molecule has 1 heterocycles. The first-order valence-corrected chi connectivity index (χ1v) is 6.32. The minimum Gasteiger partial charge on any atom is -0.463 e. The fourth-order valence-corrected chi connectivity index (χ4v) is 2.02. The maximum absolute atomic E-state index is 5.81. The fraction of sp³-hybridized carbons (Fsp3) is 0.692. The molecule has 1 aromatic rings. The van der Waals surface area contributed by atoms with Crippen LogP contribution >= 0.6 is 0 Å². The summed E-state index contributed by atoms with van der Waals surface area (Å²) in [6, 6.07) is 5.77. The molecule has 3 nitrogen and oxygen atoms in total. The fourth-order valence-electron chi connectivity index (χ4n) is 2.02. The van der Waals surface area contributed by atoms with E-state index in [1.54, 1.807) is 0 Å². The van der Waals surface area contributed by atoms with E-state index in [1.165, 1.54) is 25.7 Å². The highest BCUT2D eigenvalue weighted by Crippen LogP contribution is 2.27. The van der Waals surface area contributed by atoms with E-state index in [1.807, 2.05) is 0 Å². The molecule has 3 heteroatoms. The summed E-state index contributed by atoms with van der Waals surface area (Å²) in [4.78, 5) is 2.39. The largest absolute Gasteiger partial charge is 0.463 e. The van der Waals surface area contributed by atoms with E-state index >= 15 is 0 Å². The first-order chi connectivity index (χ1) is 7.81. The Balaban J connectivity index is 1.50. The van der Waals surface area contributed by atoms with Crippen LogP contribution in [0.2, 0.25) is 0 Å². The van der Waals surface area contributed by atoms with Gasteiger partial charge in [0.2, 0.25) is 0 Å². The molecule has 0 spiro atoms. The Hall–Kier alpha value is -0.800. The molecule has 0 radical (unpaired) electrons. The third-order valence-electron chi connectivity index (χ3n) is 3.44. The Kier molecular flexibility index (Phi) is 2.74. The zero-order valence-corrected chi connectivity index (χ0v) is 9.91. The van der Waals surface area contributed by atoms with Gasteiger partial charge in [0.15, 0.2) is 0 Å². The van der Waals surface area contributed by atoms with Gasteiger partial charge < -0.3 is 9.73 Å². The van der Waals surface area contributed by atoms with Gasteiger partial charge in [-0.25, -0.2) is 0 Å². The number of nitrogens with zero attached hydrogens (tertiary/aromatic N) is 1. The summed E-state index contributed by atoms with van der Waals surface area (Å²) in [5, 5.41) is 3.47. The van der Waals surface area contributed by atoms with Crippen molar-refractivity contribution >= 4 is 0 Å². The lowest BCUT2D eigenvalue weighted by Crippen LogP contribution is -2.19. The molecule has 0 atom stereocenters. The van der Waals surface area contributed by atoms with Crippen LogP contribution in [0.4, 0.5) is 0 Å². The van der Waals surface area contributed by atoms with Gasteiger partial charge in [0.1, 0.15) is 11.5 Å². The van der Waals surface area contributed by atoms with Gasteiger partial charge in [-0.1, -0.05) is 0 Å². The van der Waals surface area contributed by atoms with Gasteiger partial charge in [-0.15, -0.1) is 0 Å². The predicted molar refractivity (Wildman–Crippen MR) is 63.1 cm³/mol. The monoisotopic (exact) mass is 220 g/mol. The molecule has 88 valence electrons. The standard InChI is InChI=1S/C13H20N2O/c1-15(11-4-5-11)9-13-7-6-12(16-13)8-14-10-2-3-10/h6-7,10-11,14H,2-5,8-9H2,1H3. The van der Waals surface area contributed by atoms with Gasteiger partial charge in [0.05, 0.1) is 13.1 Å². The Morgan fingerprint density at radius 1 is 1.25 bits per heavy atom. The third-order valence-corrected chi connectivity index (χ3v) is 3.44. The Morgan fingerprint density at radius 3 is 2.69 bits per heavy atom. The average molecular weight is 220 g/mol. The molecule has 2 aliphatic carbocycles. The van der Waals surface area contributed by atoms with Crippen LogP contribution in [0.1, 0.15) is 37.2 Å². The zero-order chi connectivity index (χ0) is 11.0. The number of hydrogen-bond acceptors (Lipinski definition) is 3. The first kappa shape index (κ1) is 10.4. The van der Waals surface area contributed by atoms with E-state index in [-0.39, 0.29) is 0 Å². The highest BCUT2D eigenvalue weighted by molar-refractivity contribution is 5.08. The molecule has 2 saturated carbocycles. The number of rotatable bonds is 6. The van der Waals surface area contributed by atoms with Gasteiger partial charge in [-0.2, -0.15) is 0 Å². The zero-order valence-electron chi connectivity index (χ0n) is 9.91. The van der Waals surface area contributed by atoms with Gasteiger partial charge in [-0.3, -0.25) is 4.90 Å². The van der Waals surface area contributed by atoms with E-state index < -0.39 is 0 Å². The van der Waals surface area contributed by atoms with Gasteiger partial charge in [-0.05, 0) is 44.9 Å². The van der Waals surface area contributed by atoms with Crippen LogP contribution < -0.4 is 5.32 Å².